The second kappa shape index (κ2) is 8.90. The third kappa shape index (κ3) is 4.51. The molecule has 0 bridgehead atoms. The highest BCUT2D eigenvalue weighted by Gasteiger charge is 2.36. The van der Waals surface area contributed by atoms with E-state index in [1.165, 1.54) is 17.6 Å². The average molecular weight is 448 g/mol. The number of sulfonamides is 1. The van der Waals surface area contributed by atoms with Crippen molar-refractivity contribution in [3.63, 3.8) is 0 Å². The van der Waals surface area contributed by atoms with E-state index in [1.54, 1.807) is 23.1 Å². The van der Waals surface area contributed by atoms with Crippen LogP contribution in [0.3, 0.4) is 0 Å². The highest BCUT2D eigenvalue weighted by Crippen LogP contribution is 2.35. The normalized spacial score (nSPS) is 25.3. The van der Waals surface area contributed by atoms with E-state index >= 15 is 0 Å². The van der Waals surface area contributed by atoms with Gasteiger partial charge in [0.15, 0.2) is 0 Å². The van der Waals surface area contributed by atoms with Gasteiger partial charge in [0.1, 0.15) is 0 Å². The molecule has 31 heavy (non-hydrogen) atoms. The number of hydrogen-bond acceptors (Lipinski definition) is 4. The summed E-state index contributed by atoms with van der Waals surface area (Å²) in [5.41, 5.74) is 1.68. The first-order chi connectivity index (χ1) is 14.8. The van der Waals surface area contributed by atoms with E-state index in [2.05, 4.69) is 5.32 Å². The Balaban J connectivity index is 1.48. The number of rotatable bonds is 4. The lowest BCUT2D eigenvalue weighted by Gasteiger charge is -2.33. The van der Waals surface area contributed by atoms with E-state index in [0.717, 1.165) is 43.4 Å². The number of nitrogens with zero attached hydrogens (tertiary/aromatic N) is 2. The van der Waals surface area contributed by atoms with Gasteiger partial charge in [0.25, 0.3) is 0 Å². The highest BCUT2D eigenvalue weighted by molar-refractivity contribution is 7.89. The molecule has 0 radical (unpaired) electrons. The van der Waals surface area contributed by atoms with Gasteiger partial charge in [0.2, 0.25) is 21.8 Å². The fourth-order valence-corrected chi connectivity index (χ4v) is 6.91. The SMILES string of the molecule is CC(=O)N1c2ccc(S(=O)(=O)N3CCC[C@@H](C(=O)NC4CCCCC4)C3)cc2C[C@H]1C. The summed E-state index contributed by atoms with van der Waals surface area (Å²) in [6.45, 7) is 4.16. The molecule has 8 heteroatoms. The summed E-state index contributed by atoms with van der Waals surface area (Å²) in [5.74, 6) is -0.343. The molecule has 1 saturated heterocycles. The number of hydrogen-bond donors (Lipinski definition) is 1. The van der Waals surface area contributed by atoms with Gasteiger partial charge in [0.05, 0.1) is 10.8 Å². The van der Waals surface area contributed by atoms with Crippen molar-refractivity contribution >= 4 is 27.5 Å². The summed E-state index contributed by atoms with van der Waals surface area (Å²) in [4.78, 5) is 26.7. The van der Waals surface area contributed by atoms with Crippen LogP contribution in [0.4, 0.5) is 5.69 Å². The van der Waals surface area contributed by atoms with Crippen LogP contribution in [0.25, 0.3) is 0 Å². The van der Waals surface area contributed by atoms with E-state index in [4.69, 9.17) is 0 Å². The summed E-state index contributed by atoms with van der Waals surface area (Å²) in [6, 6.07) is 5.29. The van der Waals surface area contributed by atoms with E-state index in [1.807, 2.05) is 6.92 Å². The molecule has 1 saturated carbocycles. The number of carbonyl (C=O) groups is 2. The van der Waals surface area contributed by atoms with Crippen molar-refractivity contribution < 1.29 is 18.0 Å². The Labute approximate surface area is 185 Å². The van der Waals surface area contributed by atoms with Crippen molar-refractivity contribution in [1.82, 2.24) is 9.62 Å². The molecular formula is C23H33N3O4S. The van der Waals surface area contributed by atoms with Gasteiger partial charge in [0, 0.05) is 37.8 Å². The van der Waals surface area contributed by atoms with E-state index < -0.39 is 10.0 Å². The molecule has 1 aromatic rings. The van der Waals surface area contributed by atoms with Crippen molar-refractivity contribution in [3.05, 3.63) is 23.8 Å². The quantitative estimate of drug-likeness (QED) is 0.769. The second-order valence-corrected chi connectivity index (χ2v) is 11.2. The van der Waals surface area contributed by atoms with E-state index in [9.17, 15) is 18.0 Å². The zero-order chi connectivity index (χ0) is 22.2. The molecule has 4 rings (SSSR count). The van der Waals surface area contributed by atoms with Crippen molar-refractivity contribution in [3.8, 4) is 0 Å². The van der Waals surface area contributed by atoms with Crippen LogP contribution in [0.5, 0.6) is 0 Å². The van der Waals surface area contributed by atoms with Crippen LogP contribution in [-0.4, -0.2) is 49.7 Å². The second-order valence-electron chi connectivity index (χ2n) is 9.28. The Kier molecular flexibility index (Phi) is 6.40. The molecule has 2 heterocycles. The predicted octanol–water partition coefficient (Wildman–Crippen LogP) is 2.83. The lowest BCUT2D eigenvalue weighted by Crippen LogP contribution is -2.47. The van der Waals surface area contributed by atoms with Gasteiger partial charge < -0.3 is 10.2 Å². The molecule has 0 aromatic heterocycles. The van der Waals surface area contributed by atoms with Crippen LogP contribution < -0.4 is 10.2 Å². The Morgan fingerprint density at radius 3 is 2.52 bits per heavy atom. The summed E-state index contributed by atoms with van der Waals surface area (Å²) in [7, 11) is -3.69. The van der Waals surface area contributed by atoms with Crippen LogP contribution in [0, 0.1) is 5.92 Å². The molecule has 170 valence electrons. The van der Waals surface area contributed by atoms with Crippen molar-refractivity contribution in [2.75, 3.05) is 18.0 Å². The highest BCUT2D eigenvalue weighted by atomic mass is 32.2. The van der Waals surface area contributed by atoms with Gasteiger partial charge in [-0.3, -0.25) is 9.59 Å². The maximum absolute atomic E-state index is 13.4. The van der Waals surface area contributed by atoms with Gasteiger partial charge in [-0.2, -0.15) is 4.31 Å². The molecule has 2 aliphatic heterocycles. The standard InChI is InChI=1S/C23H33N3O4S/c1-16-13-19-14-21(10-11-22(19)26(16)17(2)27)31(29,30)25-12-6-7-18(15-25)23(28)24-20-8-4-3-5-9-20/h10-11,14,16,18,20H,3-9,12-13,15H2,1-2H3,(H,24,28)/t16-,18-/m1/s1. The first kappa shape index (κ1) is 22.3. The van der Waals surface area contributed by atoms with Crippen LogP contribution in [0.1, 0.15) is 64.4 Å². The Hall–Kier alpha value is -1.93. The summed E-state index contributed by atoms with van der Waals surface area (Å²) in [5, 5.41) is 3.16. The zero-order valence-electron chi connectivity index (χ0n) is 18.5. The minimum absolute atomic E-state index is 0.00771. The number of amides is 2. The fourth-order valence-electron chi connectivity index (χ4n) is 5.34. The molecule has 2 amide bonds. The lowest BCUT2D eigenvalue weighted by atomic mass is 9.93. The molecule has 0 unspecified atom stereocenters. The summed E-state index contributed by atoms with van der Waals surface area (Å²) < 4.78 is 28.2. The van der Waals surface area contributed by atoms with Crippen molar-refractivity contribution in [1.29, 1.82) is 0 Å². The minimum atomic E-state index is -3.69. The summed E-state index contributed by atoms with van der Waals surface area (Å²) in [6.07, 6.45) is 7.61. The first-order valence-electron chi connectivity index (χ1n) is 11.5. The maximum atomic E-state index is 13.4. The molecule has 2 atom stereocenters. The van der Waals surface area contributed by atoms with Gasteiger partial charge >= 0.3 is 0 Å². The number of piperidine rings is 1. The minimum Gasteiger partial charge on any atom is -0.353 e. The van der Waals surface area contributed by atoms with Gasteiger partial charge in [-0.05, 0) is 62.8 Å². The Morgan fingerprint density at radius 2 is 1.81 bits per heavy atom. The van der Waals surface area contributed by atoms with Crippen molar-refractivity contribution in [2.24, 2.45) is 5.92 Å². The topological polar surface area (TPSA) is 86.8 Å². The zero-order valence-corrected chi connectivity index (χ0v) is 19.3. The number of nitrogens with one attached hydrogen (secondary N) is 1. The first-order valence-corrected chi connectivity index (χ1v) is 12.9. The van der Waals surface area contributed by atoms with Crippen LogP contribution >= 0.6 is 0 Å². The average Bonchev–Trinajstić information content (AvgIpc) is 3.09. The predicted molar refractivity (Wildman–Crippen MR) is 119 cm³/mol. The van der Waals surface area contributed by atoms with E-state index in [-0.39, 0.29) is 41.3 Å². The third-order valence-corrected chi connectivity index (χ3v) is 8.81. The Morgan fingerprint density at radius 1 is 1.06 bits per heavy atom. The number of fused-ring (bicyclic) bond motifs is 1. The molecule has 1 aliphatic carbocycles. The Bertz CT molecular complexity index is 956. The van der Waals surface area contributed by atoms with Crippen molar-refractivity contribution in [2.45, 2.75) is 82.2 Å². The number of anilines is 1. The third-order valence-electron chi connectivity index (χ3n) is 6.95. The van der Waals surface area contributed by atoms with Crippen LogP contribution in [0.2, 0.25) is 0 Å². The number of benzene rings is 1. The van der Waals surface area contributed by atoms with E-state index in [0.29, 0.717) is 19.4 Å². The van der Waals surface area contributed by atoms with Crippen LogP contribution in [0.15, 0.2) is 23.1 Å². The molecule has 2 fully saturated rings. The lowest BCUT2D eigenvalue weighted by molar-refractivity contribution is -0.127. The molecule has 1 aromatic carbocycles. The number of carbonyl (C=O) groups excluding carboxylic acids is 2. The monoisotopic (exact) mass is 447 g/mol. The van der Waals surface area contributed by atoms with Gasteiger partial charge in [-0.1, -0.05) is 19.3 Å². The largest absolute Gasteiger partial charge is 0.353 e. The molecule has 0 spiro atoms. The molecule has 3 aliphatic rings. The van der Waals surface area contributed by atoms with Crippen LogP contribution in [-0.2, 0) is 26.0 Å². The molecular weight excluding hydrogens is 414 g/mol. The smallest absolute Gasteiger partial charge is 0.243 e. The molecule has 1 N–H and O–H groups in total. The molecule has 7 nitrogen and oxygen atoms in total. The summed E-state index contributed by atoms with van der Waals surface area (Å²) >= 11 is 0. The van der Waals surface area contributed by atoms with Gasteiger partial charge in [-0.25, -0.2) is 8.42 Å². The van der Waals surface area contributed by atoms with Gasteiger partial charge in [-0.15, -0.1) is 0 Å². The maximum Gasteiger partial charge on any atom is 0.243 e. The fraction of sp³-hybridized carbons (Fsp3) is 0.652.